The van der Waals surface area contributed by atoms with Gasteiger partial charge in [0.2, 0.25) is 5.91 Å². The van der Waals surface area contributed by atoms with Crippen molar-refractivity contribution in [2.24, 2.45) is 7.05 Å². The van der Waals surface area contributed by atoms with Crippen LogP contribution in [0, 0.1) is 0 Å². The van der Waals surface area contributed by atoms with Gasteiger partial charge in [-0.15, -0.1) is 0 Å². The molecule has 3 rings (SSSR count). The number of fused-ring (bicyclic) bond motifs is 1. The lowest BCUT2D eigenvalue weighted by molar-refractivity contribution is -0.115. The summed E-state index contributed by atoms with van der Waals surface area (Å²) in [7, 11) is 1.67. The monoisotopic (exact) mass is 417 g/mol. The van der Waals surface area contributed by atoms with E-state index in [1.807, 2.05) is 36.4 Å². The van der Waals surface area contributed by atoms with Crippen molar-refractivity contribution in [1.82, 2.24) is 9.55 Å². The third-order valence-electron chi connectivity index (χ3n) is 3.69. The molecule has 0 fully saturated rings. The van der Waals surface area contributed by atoms with Crippen LogP contribution < -0.4 is 10.9 Å². The summed E-state index contributed by atoms with van der Waals surface area (Å²) < 4.78 is 2.37. The highest BCUT2D eigenvalue weighted by atomic mass is 79.9. The van der Waals surface area contributed by atoms with E-state index in [-0.39, 0.29) is 11.5 Å². The van der Waals surface area contributed by atoms with Crippen LogP contribution in [0.15, 0.2) is 63.0 Å². The zero-order chi connectivity index (χ0) is 18.0. The van der Waals surface area contributed by atoms with Crippen LogP contribution in [0.5, 0.6) is 0 Å². The van der Waals surface area contributed by atoms with Gasteiger partial charge in [-0.2, -0.15) is 0 Å². The molecule has 0 radical (unpaired) electrons. The van der Waals surface area contributed by atoms with Crippen LogP contribution in [0.1, 0.15) is 6.92 Å². The summed E-state index contributed by atoms with van der Waals surface area (Å²) in [4.78, 5) is 29.4. The van der Waals surface area contributed by atoms with E-state index in [9.17, 15) is 9.59 Å². The summed E-state index contributed by atoms with van der Waals surface area (Å²) in [5.74, 6) is -0.148. The second-order valence-corrected chi connectivity index (χ2v) is 7.76. The van der Waals surface area contributed by atoms with Crippen molar-refractivity contribution in [2.45, 2.75) is 17.3 Å². The molecule has 5 nitrogen and oxygen atoms in total. The standard InChI is InChI=1S/C18H16BrN3O2S/c1-11(16(23)20-13-7-5-6-12(19)10-13)25-18-21-15-9-4-3-8-14(15)17(24)22(18)2/h3-11H,1-2H3,(H,20,23). The minimum Gasteiger partial charge on any atom is -0.325 e. The second-order valence-electron chi connectivity index (χ2n) is 5.54. The molecule has 0 spiro atoms. The lowest BCUT2D eigenvalue weighted by Gasteiger charge is -2.14. The average Bonchev–Trinajstić information content (AvgIpc) is 2.59. The van der Waals surface area contributed by atoms with E-state index in [0.29, 0.717) is 21.7 Å². The first-order valence-electron chi connectivity index (χ1n) is 7.64. The van der Waals surface area contributed by atoms with Crippen LogP contribution in [0.4, 0.5) is 5.69 Å². The molecule has 128 valence electrons. The lowest BCUT2D eigenvalue weighted by atomic mass is 10.2. The Morgan fingerprint density at radius 3 is 2.76 bits per heavy atom. The van der Waals surface area contributed by atoms with Crippen molar-refractivity contribution in [2.75, 3.05) is 5.32 Å². The van der Waals surface area contributed by atoms with Crippen LogP contribution in [0.3, 0.4) is 0 Å². The zero-order valence-corrected chi connectivity index (χ0v) is 16.1. The predicted molar refractivity (Wildman–Crippen MR) is 105 cm³/mol. The summed E-state index contributed by atoms with van der Waals surface area (Å²) in [5.41, 5.74) is 1.23. The van der Waals surface area contributed by atoms with Crippen LogP contribution in [-0.4, -0.2) is 20.7 Å². The number of carbonyl (C=O) groups excluding carboxylic acids is 1. The maximum absolute atomic E-state index is 12.4. The van der Waals surface area contributed by atoms with Crippen LogP contribution in [-0.2, 0) is 11.8 Å². The van der Waals surface area contributed by atoms with Gasteiger partial charge in [-0.3, -0.25) is 14.2 Å². The summed E-state index contributed by atoms with van der Waals surface area (Å²) in [6, 6.07) is 14.6. The molecule has 0 bridgehead atoms. The predicted octanol–water partition coefficient (Wildman–Crippen LogP) is 3.82. The Morgan fingerprint density at radius 2 is 2.00 bits per heavy atom. The molecule has 3 aromatic rings. The third kappa shape index (κ3) is 3.93. The maximum Gasteiger partial charge on any atom is 0.261 e. The molecule has 1 amide bonds. The Bertz CT molecular complexity index is 1000. The minimum absolute atomic E-state index is 0.118. The quantitative estimate of drug-likeness (QED) is 0.517. The van der Waals surface area contributed by atoms with Gasteiger partial charge in [-0.1, -0.05) is 45.9 Å². The summed E-state index contributed by atoms with van der Waals surface area (Å²) >= 11 is 4.64. The number of halogens is 1. The minimum atomic E-state index is -0.404. The van der Waals surface area contributed by atoms with Crippen molar-refractivity contribution in [3.05, 3.63) is 63.4 Å². The molecular weight excluding hydrogens is 402 g/mol. The van der Waals surface area contributed by atoms with E-state index in [1.165, 1.54) is 16.3 Å². The van der Waals surface area contributed by atoms with Gasteiger partial charge in [-0.25, -0.2) is 4.98 Å². The molecule has 1 heterocycles. The normalized spacial score (nSPS) is 12.1. The number of anilines is 1. The summed E-state index contributed by atoms with van der Waals surface area (Å²) in [5, 5.41) is 3.55. The molecule has 1 unspecified atom stereocenters. The number of benzene rings is 2. The van der Waals surface area contributed by atoms with E-state index in [2.05, 4.69) is 26.2 Å². The molecule has 0 aliphatic carbocycles. The first-order chi connectivity index (χ1) is 12.0. The van der Waals surface area contributed by atoms with Crippen molar-refractivity contribution in [3.63, 3.8) is 0 Å². The number of hydrogen-bond acceptors (Lipinski definition) is 4. The number of aromatic nitrogens is 2. The molecule has 25 heavy (non-hydrogen) atoms. The average molecular weight is 418 g/mol. The molecule has 2 aromatic carbocycles. The van der Waals surface area contributed by atoms with E-state index >= 15 is 0 Å². The van der Waals surface area contributed by atoms with E-state index in [4.69, 9.17) is 0 Å². The third-order valence-corrected chi connectivity index (χ3v) is 5.32. The molecule has 0 saturated carbocycles. The van der Waals surface area contributed by atoms with Gasteiger partial charge in [0.05, 0.1) is 16.2 Å². The van der Waals surface area contributed by atoms with Crippen molar-refractivity contribution in [1.29, 1.82) is 0 Å². The molecular formula is C18H16BrN3O2S. The van der Waals surface area contributed by atoms with Gasteiger partial charge in [0.25, 0.3) is 5.56 Å². The van der Waals surface area contributed by atoms with Gasteiger partial charge in [0.15, 0.2) is 5.16 Å². The first kappa shape index (κ1) is 17.7. The number of carbonyl (C=O) groups is 1. The number of nitrogens with one attached hydrogen (secondary N) is 1. The van der Waals surface area contributed by atoms with E-state index < -0.39 is 5.25 Å². The Kier molecular flexibility index (Phi) is 5.24. The van der Waals surface area contributed by atoms with Crippen molar-refractivity contribution < 1.29 is 4.79 Å². The number of hydrogen-bond donors (Lipinski definition) is 1. The maximum atomic E-state index is 12.4. The van der Waals surface area contributed by atoms with Crippen molar-refractivity contribution >= 4 is 50.2 Å². The summed E-state index contributed by atoms with van der Waals surface area (Å²) in [6.07, 6.45) is 0. The molecule has 1 atom stereocenters. The fraction of sp³-hybridized carbons (Fsp3) is 0.167. The van der Waals surface area contributed by atoms with Crippen molar-refractivity contribution in [3.8, 4) is 0 Å². The fourth-order valence-electron chi connectivity index (χ4n) is 2.32. The molecule has 1 aromatic heterocycles. The Balaban J connectivity index is 1.82. The SMILES string of the molecule is CC(Sc1nc2ccccc2c(=O)n1C)C(=O)Nc1cccc(Br)c1. The van der Waals surface area contributed by atoms with Gasteiger partial charge >= 0.3 is 0 Å². The Hall–Kier alpha value is -2.12. The molecule has 1 N–H and O–H groups in total. The van der Waals surface area contributed by atoms with Crippen LogP contribution in [0.2, 0.25) is 0 Å². The number of para-hydroxylation sites is 1. The highest BCUT2D eigenvalue weighted by molar-refractivity contribution is 9.10. The lowest BCUT2D eigenvalue weighted by Crippen LogP contribution is -2.25. The highest BCUT2D eigenvalue weighted by Gasteiger charge is 2.18. The van der Waals surface area contributed by atoms with Gasteiger partial charge in [-0.05, 0) is 37.3 Å². The van der Waals surface area contributed by atoms with Crippen LogP contribution >= 0.6 is 27.7 Å². The molecule has 0 saturated heterocycles. The molecule has 7 heteroatoms. The van der Waals surface area contributed by atoms with Gasteiger partial charge in [0, 0.05) is 17.2 Å². The topological polar surface area (TPSA) is 64.0 Å². The molecule has 0 aliphatic rings. The van der Waals surface area contributed by atoms with E-state index in [0.717, 1.165) is 4.47 Å². The number of thioether (sulfide) groups is 1. The van der Waals surface area contributed by atoms with Gasteiger partial charge < -0.3 is 5.32 Å². The first-order valence-corrected chi connectivity index (χ1v) is 9.32. The second kappa shape index (κ2) is 7.41. The Labute approximate surface area is 157 Å². The molecule has 0 aliphatic heterocycles. The number of rotatable bonds is 4. The summed E-state index contributed by atoms with van der Waals surface area (Å²) in [6.45, 7) is 1.79. The largest absolute Gasteiger partial charge is 0.325 e. The van der Waals surface area contributed by atoms with Gasteiger partial charge in [0.1, 0.15) is 0 Å². The number of amides is 1. The zero-order valence-electron chi connectivity index (χ0n) is 13.7. The fourth-order valence-corrected chi connectivity index (χ4v) is 3.60. The Morgan fingerprint density at radius 1 is 1.24 bits per heavy atom. The van der Waals surface area contributed by atoms with Crippen LogP contribution in [0.25, 0.3) is 10.9 Å². The smallest absolute Gasteiger partial charge is 0.261 e. The number of nitrogens with zero attached hydrogens (tertiary/aromatic N) is 2. The van der Waals surface area contributed by atoms with E-state index in [1.54, 1.807) is 26.1 Å². The highest BCUT2D eigenvalue weighted by Crippen LogP contribution is 2.23.